The lowest BCUT2D eigenvalue weighted by molar-refractivity contribution is -0.131. The Morgan fingerprint density at radius 2 is 1.93 bits per heavy atom. The number of hydrogen-bond donors (Lipinski definition) is 2. The van der Waals surface area contributed by atoms with E-state index >= 15 is 0 Å². The number of rotatable bonds is 7. The molecule has 0 aromatic heterocycles. The van der Waals surface area contributed by atoms with Gasteiger partial charge in [0.15, 0.2) is 0 Å². The minimum atomic E-state index is -0.888. The molecule has 2 N–H and O–H groups in total. The van der Waals surface area contributed by atoms with E-state index in [1.54, 1.807) is 19.9 Å². The van der Waals surface area contributed by atoms with E-state index in [-0.39, 0.29) is 0 Å². The first-order chi connectivity index (χ1) is 6.42. The standard InChI is InChI=1S/C11H20O3/c1-11(2,14)9-7-5-3-4-6-8-10(12)13/h6,8,14H,3-5,7,9H2,1-2H3,(H,12,13). The highest BCUT2D eigenvalue weighted by Gasteiger charge is 2.10. The van der Waals surface area contributed by atoms with Crippen molar-refractivity contribution in [3.05, 3.63) is 12.2 Å². The molecule has 0 aliphatic carbocycles. The molecule has 14 heavy (non-hydrogen) atoms. The third-order valence-electron chi connectivity index (χ3n) is 1.92. The van der Waals surface area contributed by atoms with Crippen molar-refractivity contribution in [2.24, 2.45) is 0 Å². The second kappa shape index (κ2) is 6.60. The molecule has 0 aliphatic rings. The van der Waals surface area contributed by atoms with Crippen molar-refractivity contribution in [3.8, 4) is 0 Å². The van der Waals surface area contributed by atoms with Gasteiger partial charge in [-0.25, -0.2) is 4.79 Å². The number of unbranched alkanes of at least 4 members (excludes halogenated alkanes) is 3. The van der Waals surface area contributed by atoms with Gasteiger partial charge in [-0.2, -0.15) is 0 Å². The minimum absolute atomic E-state index is 0.573. The second-order valence-corrected chi connectivity index (χ2v) is 4.15. The van der Waals surface area contributed by atoms with E-state index < -0.39 is 11.6 Å². The van der Waals surface area contributed by atoms with Crippen LogP contribution >= 0.6 is 0 Å². The van der Waals surface area contributed by atoms with E-state index in [0.29, 0.717) is 0 Å². The van der Waals surface area contributed by atoms with Gasteiger partial charge in [-0.3, -0.25) is 0 Å². The largest absolute Gasteiger partial charge is 0.478 e. The SMILES string of the molecule is CC(C)(O)CCCCCC=CC(=O)O. The summed E-state index contributed by atoms with van der Waals surface area (Å²) in [5.41, 5.74) is -0.573. The van der Waals surface area contributed by atoms with Gasteiger partial charge >= 0.3 is 5.97 Å². The van der Waals surface area contributed by atoms with Gasteiger partial charge in [0.05, 0.1) is 5.60 Å². The van der Waals surface area contributed by atoms with Crippen molar-refractivity contribution in [1.29, 1.82) is 0 Å². The van der Waals surface area contributed by atoms with Gasteiger partial charge in [0.2, 0.25) is 0 Å². The van der Waals surface area contributed by atoms with Gasteiger partial charge in [-0.15, -0.1) is 0 Å². The number of aliphatic hydroxyl groups is 1. The average Bonchev–Trinajstić information content (AvgIpc) is 2.00. The molecule has 0 atom stereocenters. The maximum Gasteiger partial charge on any atom is 0.327 e. The van der Waals surface area contributed by atoms with Crippen LogP contribution in [-0.2, 0) is 4.79 Å². The van der Waals surface area contributed by atoms with Crippen LogP contribution in [-0.4, -0.2) is 21.8 Å². The highest BCUT2D eigenvalue weighted by Crippen LogP contribution is 2.13. The first-order valence-corrected chi connectivity index (χ1v) is 5.04. The van der Waals surface area contributed by atoms with Crippen molar-refractivity contribution in [1.82, 2.24) is 0 Å². The number of carbonyl (C=O) groups is 1. The molecule has 0 radical (unpaired) electrons. The summed E-state index contributed by atoms with van der Waals surface area (Å²) < 4.78 is 0. The van der Waals surface area contributed by atoms with Crippen LogP contribution in [0.15, 0.2) is 12.2 Å². The molecule has 0 unspecified atom stereocenters. The molecule has 0 rings (SSSR count). The highest BCUT2D eigenvalue weighted by atomic mass is 16.4. The molecule has 0 spiro atoms. The van der Waals surface area contributed by atoms with E-state index in [2.05, 4.69) is 0 Å². The fourth-order valence-corrected chi connectivity index (χ4v) is 1.18. The summed E-state index contributed by atoms with van der Waals surface area (Å²) in [7, 11) is 0. The van der Waals surface area contributed by atoms with Crippen LogP contribution in [0.25, 0.3) is 0 Å². The summed E-state index contributed by atoms with van der Waals surface area (Å²) in [6.45, 7) is 3.61. The number of hydrogen-bond acceptors (Lipinski definition) is 2. The van der Waals surface area contributed by atoms with Gasteiger partial charge < -0.3 is 10.2 Å². The zero-order valence-electron chi connectivity index (χ0n) is 8.99. The molecule has 0 saturated carbocycles. The van der Waals surface area contributed by atoms with E-state index in [1.807, 2.05) is 0 Å². The third-order valence-corrected chi connectivity index (χ3v) is 1.92. The number of carboxylic acid groups (broad SMARTS) is 1. The van der Waals surface area contributed by atoms with Crippen molar-refractivity contribution in [2.45, 2.75) is 51.6 Å². The predicted molar refractivity (Wildman–Crippen MR) is 56.2 cm³/mol. The fraction of sp³-hybridized carbons (Fsp3) is 0.727. The van der Waals surface area contributed by atoms with E-state index in [1.165, 1.54) is 6.08 Å². The van der Waals surface area contributed by atoms with Crippen molar-refractivity contribution in [3.63, 3.8) is 0 Å². The lowest BCUT2D eigenvalue weighted by Gasteiger charge is -2.15. The van der Waals surface area contributed by atoms with Crippen molar-refractivity contribution >= 4 is 5.97 Å². The summed E-state index contributed by atoms with van der Waals surface area (Å²) >= 11 is 0. The van der Waals surface area contributed by atoms with E-state index in [9.17, 15) is 9.90 Å². The number of aliphatic carboxylic acids is 1. The second-order valence-electron chi connectivity index (χ2n) is 4.15. The summed E-state index contributed by atoms with van der Waals surface area (Å²) in [5, 5.41) is 17.7. The van der Waals surface area contributed by atoms with Crippen LogP contribution < -0.4 is 0 Å². The highest BCUT2D eigenvalue weighted by molar-refractivity contribution is 5.79. The lowest BCUT2D eigenvalue weighted by atomic mass is 10.0. The molecule has 0 aromatic rings. The Morgan fingerprint density at radius 1 is 1.29 bits per heavy atom. The normalized spacial score (nSPS) is 12.2. The Hall–Kier alpha value is -0.830. The van der Waals surface area contributed by atoms with Crippen LogP contribution in [0.2, 0.25) is 0 Å². The Kier molecular flexibility index (Phi) is 6.21. The summed E-state index contributed by atoms with van der Waals surface area (Å²) in [6.07, 6.45) is 7.47. The molecule has 0 aromatic carbocycles. The van der Waals surface area contributed by atoms with E-state index in [0.717, 1.165) is 32.1 Å². The Labute approximate surface area is 85.4 Å². The molecule has 0 fully saturated rings. The Balaban J connectivity index is 3.27. The Bertz CT molecular complexity index is 189. The first kappa shape index (κ1) is 13.2. The third kappa shape index (κ3) is 11.2. The van der Waals surface area contributed by atoms with Crippen molar-refractivity contribution in [2.75, 3.05) is 0 Å². The van der Waals surface area contributed by atoms with Gasteiger partial charge in [-0.1, -0.05) is 18.9 Å². The number of carboxylic acids is 1. The topological polar surface area (TPSA) is 57.5 Å². The lowest BCUT2D eigenvalue weighted by Crippen LogP contribution is -2.17. The molecule has 3 nitrogen and oxygen atoms in total. The molecule has 0 saturated heterocycles. The van der Waals surface area contributed by atoms with Gasteiger partial charge in [0.1, 0.15) is 0 Å². The first-order valence-electron chi connectivity index (χ1n) is 5.04. The van der Waals surface area contributed by atoms with Gasteiger partial charge in [-0.05, 0) is 33.1 Å². The average molecular weight is 200 g/mol. The molecule has 82 valence electrons. The molecule has 0 amide bonds. The summed E-state index contributed by atoms with van der Waals surface area (Å²) in [4.78, 5) is 10.1. The van der Waals surface area contributed by atoms with Crippen LogP contribution in [0.4, 0.5) is 0 Å². The van der Waals surface area contributed by atoms with Crippen LogP contribution in [0.5, 0.6) is 0 Å². The van der Waals surface area contributed by atoms with Gasteiger partial charge in [0.25, 0.3) is 0 Å². The Morgan fingerprint density at radius 3 is 2.43 bits per heavy atom. The molecule has 0 heterocycles. The maximum atomic E-state index is 10.1. The summed E-state index contributed by atoms with van der Waals surface area (Å²) in [5.74, 6) is -0.888. The predicted octanol–water partition coefficient (Wildman–Crippen LogP) is 2.35. The zero-order chi connectivity index (χ0) is 11.0. The molecular weight excluding hydrogens is 180 g/mol. The van der Waals surface area contributed by atoms with Crippen molar-refractivity contribution < 1.29 is 15.0 Å². The quantitative estimate of drug-likeness (QED) is 0.490. The fourth-order valence-electron chi connectivity index (χ4n) is 1.18. The van der Waals surface area contributed by atoms with Crippen LogP contribution in [0.3, 0.4) is 0 Å². The maximum absolute atomic E-state index is 10.1. The monoisotopic (exact) mass is 200 g/mol. The molecule has 0 aliphatic heterocycles. The van der Waals surface area contributed by atoms with Gasteiger partial charge in [0, 0.05) is 6.08 Å². The van der Waals surface area contributed by atoms with E-state index in [4.69, 9.17) is 5.11 Å². The molecule has 0 bridgehead atoms. The smallest absolute Gasteiger partial charge is 0.327 e. The van der Waals surface area contributed by atoms with Crippen LogP contribution in [0.1, 0.15) is 46.0 Å². The zero-order valence-corrected chi connectivity index (χ0v) is 8.99. The minimum Gasteiger partial charge on any atom is -0.478 e. The van der Waals surface area contributed by atoms with Crippen LogP contribution in [0, 0.1) is 0 Å². The molecular formula is C11H20O3. The number of allylic oxidation sites excluding steroid dienone is 1. The molecule has 3 heteroatoms. The summed E-state index contributed by atoms with van der Waals surface area (Å²) in [6, 6.07) is 0.